The second kappa shape index (κ2) is 8.03. The van der Waals surface area contributed by atoms with Crippen LogP contribution in [-0.2, 0) is 33.0 Å². The largest absolute Gasteiger partial charge is 0.280 e. The van der Waals surface area contributed by atoms with Gasteiger partial charge in [0.1, 0.15) is 16.5 Å². The van der Waals surface area contributed by atoms with Crippen LogP contribution in [0.15, 0.2) is 76.5 Å². The van der Waals surface area contributed by atoms with Crippen molar-refractivity contribution in [2.75, 3.05) is 11.3 Å². The monoisotopic (exact) mass is 464 g/mol. The molecule has 3 aromatic rings. The Morgan fingerprint density at radius 1 is 0.839 bits per heavy atom. The Bertz CT molecular complexity index is 1350. The fraction of sp³-hybridized carbons (Fsp3) is 0.143. The maximum atomic E-state index is 13.9. The predicted octanol–water partition coefficient (Wildman–Crippen LogP) is 3.51. The van der Waals surface area contributed by atoms with Crippen molar-refractivity contribution in [2.45, 2.75) is 22.8 Å². The molecule has 1 aliphatic heterocycles. The van der Waals surface area contributed by atoms with E-state index in [-0.39, 0.29) is 17.1 Å². The van der Waals surface area contributed by atoms with Crippen LogP contribution >= 0.6 is 0 Å². The summed E-state index contributed by atoms with van der Waals surface area (Å²) in [6, 6.07) is 14.9. The number of rotatable bonds is 5. The molecule has 0 saturated carbocycles. The molecule has 1 aliphatic rings. The second-order valence-corrected chi connectivity index (χ2v) is 10.7. The van der Waals surface area contributed by atoms with Gasteiger partial charge < -0.3 is 0 Å². The zero-order chi connectivity index (χ0) is 22.2. The number of halogens is 2. The average Bonchev–Trinajstić information content (AvgIpc) is 2.75. The molecule has 162 valence electrons. The molecule has 1 heterocycles. The van der Waals surface area contributed by atoms with Crippen LogP contribution in [-0.4, -0.2) is 27.7 Å². The van der Waals surface area contributed by atoms with Crippen LogP contribution in [0.25, 0.3) is 0 Å². The van der Waals surface area contributed by atoms with Gasteiger partial charge in [0.15, 0.2) is 0 Å². The van der Waals surface area contributed by atoms with Crippen molar-refractivity contribution in [1.29, 1.82) is 0 Å². The molecule has 0 bridgehead atoms. The third kappa shape index (κ3) is 4.32. The summed E-state index contributed by atoms with van der Waals surface area (Å²) >= 11 is 0. The molecule has 0 saturated heterocycles. The van der Waals surface area contributed by atoms with Crippen LogP contribution in [0.2, 0.25) is 0 Å². The van der Waals surface area contributed by atoms with E-state index in [2.05, 4.69) is 4.72 Å². The number of benzene rings is 3. The summed E-state index contributed by atoms with van der Waals surface area (Å²) in [4.78, 5) is -0.629. The van der Waals surface area contributed by atoms with Crippen LogP contribution in [0.5, 0.6) is 0 Å². The third-order valence-corrected chi connectivity index (χ3v) is 8.26. The highest BCUT2D eigenvalue weighted by atomic mass is 32.2. The first kappa shape index (κ1) is 21.4. The zero-order valence-corrected chi connectivity index (χ0v) is 17.8. The van der Waals surface area contributed by atoms with Gasteiger partial charge in [-0.25, -0.2) is 25.6 Å². The van der Waals surface area contributed by atoms with Crippen molar-refractivity contribution in [1.82, 2.24) is 4.31 Å². The number of hydrogen-bond donors (Lipinski definition) is 1. The lowest BCUT2D eigenvalue weighted by Crippen LogP contribution is -2.36. The molecule has 0 radical (unpaired) electrons. The predicted molar refractivity (Wildman–Crippen MR) is 111 cm³/mol. The number of nitrogens with zero attached hydrogens (tertiary/aromatic N) is 1. The summed E-state index contributed by atoms with van der Waals surface area (Å²) in [5.41, 5.74) is 1.64. The van der Waals surface area contributed by atoms with Crippen molar-refractivity contribution in [3.8, 4) is 0 Å². The van der Waals surface area contributed by atoms with Gasteiger partial charge >= 0.3 is 0 Å². The first-order valence-corrected chi connectivity index (χ1v) is 12.2. The van der Waals surface area contributed by atoms with Crippen LogP contribution in [0, 0.1) is 11.6 Å². The summed E-state index contributed by atoms with van der Waals surface area (Å²) in [6.45, 7) is 0.361. The standard InChI is InChI=1S/C21H18F2N2O4S2/c22-17-7-9-20(23)21(13-17)30(26,27)24-18-8-6-15-10-11-25(14-16(15)12-18)31(28,29)19-4-2-1-3-5-19/h1-9,12-13,24H,10-11,14H2. The first-order chi connectivity index (χ1) is 14.7. The molecular formula is C21H18F2N2O4S2. The van der Waals surface area contributed by atoms with Gasteiger partial charge in [0.25, 0.3) is 10.0 Å². The minimum Gasteiger partial charge on any atom is -0.280 e. The van der Waals surface area contributed by atoms with Crippen LogP contribution < -0.4 is 4.72 Å². The van der Waals surface area contributed by atoms with Gasteiger partial charge in [0.2, 0.25) is 10.0 Å². The van der Waals surface area contributed by atoms with E-state index in [0.29, 0.717) is 24.6 Å². The summed E-state index contributed by atoms with van der Waals surface area (Å²) < 4.78 is 81.8. The molecular weight excluding hydrogens is 446 g/mol. The zero-order valence-electron chi connectivity index (χ0n) is 16.1. The number of sulfonamides is 2. The Morgan fingerprint density at radius 2 is 1.58 bits per heavy atom. The van der Waals surface area contributed by atoms with Crippen molar-refractivity contribution >= 4 is 25.7 Å². The highest BCUT2D eigenvalue weighted by molar-refractivity contribution is 7.92. The minimum atomic E-state index is -4.37. The van der Waals surface area contributed by atoms with Crippen LogP contribution in [0.1, 0.15) is 11.1 Å². The van der Waals surface area contributed by atoms with Crippen LogP contribution in [0.3, 0.4) is 0 Å². The molecule has 4 rings (SSSR count). The summed E-state index contributed by atoms with van der Waals surface area (Å²) in [7, 11) is -8.08. The number of nitrogens with one attached hydrogen (secondary N) is 1. The maximum absolute atomic E-state index is 13.9. The Kier molecular flexibility index (Phi) is 5.54. The topological polar surface area (TPSA) is 83.6 Å². The number of fused-ring (bicyclic) bond motifs is 1. The fourth-order valence-electron chi connectivity index (χ4n) is 3.43. The Balaban J connectivity index is 1.61. The SMILES string of the molecule is O=S(=O)(Nc1ccc2c(c1)CN(S(=O)(=O)c1ccccc1)CC2)c1cc(F)ccc1F. The van der Waals surface area contributed by atoms with E-state index in [1.807, 2.05) is 0 Å². The summed E-state index contributed by atoms with van der Waals surface area (Å²) in [5.74, 6) is -1.96. The quantitative estimate of drug-likeness (QED) is 0.626. The minimum absolute atomic E-state index is 0.0659. The van der Waals surface area contributed by atoms with Crippen LogP contribution in [0.4, 0.5) is 14.5 Å². The summed E-state index contributed by atoms with van der Waals surface area (Å²) in [5, 5.41) is 0. The average molecular weight is 465 g/mol. The van der Waals surface area contributed by atoms with E-state index in [0.717, 1.165) is 17.7 Å². The smallest absolute Gasteiger partial charge is 0.264 e. The van der Waals surface area contributed by atoms with E-state index in [1.54, 1.807) is 24.3 Å². The molecule has 0 unspecified atom stereocenters. The number of hydrogen-bond acceptors (Lipinski definition) is 4. The van der Waals surface area contributed by atoms with Crippen molar-refractivity contribution in [2.24, 2.45) is 0 Å². The van der Waals surface area contributed by atoms with Gasteiger partial charge in [-0.3, -0.25) is 4.72 Å². The molecule has 3 aromatic carbocycles. The second-order valence-electron chi connectivity index (χ2n) is 7.07. The lowest BCUT2D eigenvalue weighted by atomic mass is 10.0. The van der Waals surface area contributed by atoms with E-state index >= 15 is 0 Å². The lowest BCUT2D eigenvalue weighted by Gasteiger charge is -2.28. The molecule has 1 N–H and O–H groups in total. The molecule has 10 heteroatoms. The molecule has 0 atom stereocenters. The lowest BCUT2D eigenvalue weighted by molar-refractivity contribution is 0.391. The maximum Gasteiger partial charge on any atom is 0.264 e. The highest BCUT2D eigenvalue weighted by Crippen LogP contribution is 2.28. The van der Waals surface area contributed by atoms with Gasteiger partial charge in [-0.15, -0.1) is 0 Å². The van der Waals surface area contributed by atoms with E-state index in [1.165, 1.54) is 28.6 Å². The van der Waals surface area contributed by atoms with Crippen molar-refractivity contribution in [3.05, 3.63) is 89.5 Å². The molecule has 31 heavy (non-hydrogen) atoms. The van der Waals surface area contributed by atoms with E-state index in [4.69, 9.17) is 0 Å². The van der Waals surface area contributed by atoms with Gasteiger partial charge in [0.05, 0.1) is 4.90 Å². The van der Waals surface area contributed by atoms with Gasteiger partial charge in [-0.05, 0) is 60.0 Å². The Morgan fingerprint density at radius 3 is 2.32 bits per heavy atom. The van der Waals surface area contributed by atoms with Gasteiger partial charge in [-0.2, -0.15) is 4.31 Å². The molecule has 0 aromatic heterocycles. The Labute approximate surface area is 179 Å². The molecule has 0 spiro atoms. The first-order valence-electron chi connectivity index (χ1n) is 9.32. The number of anilines is 1. The third-order valence-electron chi connectivity index (χ3n) is 5.00. The van der Waals surface area contributed by atoms with Gasteiger partial charge in [0, 0.05) is 18.8 Å². The van der Waals surface area contributed by atoms with Crippen molar-refractivity contribution < 1.29 is 25.6 Å². The Hall–Kier alpha value is -2.82. The van der Waals surface area contributed by atoms with E-state index in [9.17, 15) is 25.6 Å². The molecule has 0 amide bonds. The summed E-state index contributed by atoms with van der Waals surface area (Å²) in [6.07, 6.45) is 0.465. The van der Waals surface area contributed by atoms with Crippen molar-refractivity contribution in [3.63, 3.8) is 0 Å². The van der Waals surface area contributed by atoms with E-state index < -0.39 is 36.6 Å². The van der Waals surface area contributed by atoms with Gasteiger partial charge in [-0.1, -0.05) is 24.3 Å². The normalized spacial score (nSPS) is 14.8. The molecule has 0 aliphatic carbocycles. The highest BCUT2D eigenvalue weighted by Gasteiger charge is 2.28. The molecule has 6 nitrogen and oxygen atoms in total. The fourth-order valence-corrected chi connectivity index (χ4v) is 6.01. The molecule has 0 fully saturated rings.